The van der Waals surface area contributed by atoms with Gasteiger partial charge in [0.1, 0.15) is 18.0 Å². The van der Waals surface area contributed by atoms with Gasteiger partial charge in [0.15, 0.2) is 0 Å². The van der Waals surface area contributed by atoms with E-state index in [4.69, 9.17) is 5.73 Å². The van der Waals surface area contributed by atoms with Gasteiger partial charge in [0.05, 0.1) is 12.6 Å². The molecule has 0 aliphatic carbocycles. The zero-order valence-electron chi connectivity index (χ0n) is 11.4. The van der Waals surface area contributed by atoms with E-state index in [1.807, 2.05) is 17.6 Å². The molecule has 106 valence electrons. The Morgan fingerprint density at radius 2 is 2.20 bits per heavy atom. The lowest BCUT2D eigenvalue weighted by Gasteiger charge is -2.36. The van der Waals surface area contributed by atoms with Gasteiger partial charge in [-0.1, -0.05) is 12.1 Å². The zero-order chi connectivity index (χ0) is 14.1. The van der Waals surface area contributed by atoms with E-state index in [-0.39, 0.29) is 17.9 Å². The van der Waals surface area contributed by atoms with E-state index in [1.165, 1.54) is 6.07 Å². The third-order valence-corrected chi connectivity index (χ3v) is 3.75. The summed E-state index contributed by atoms with van der Waals surface area (Å²) in [5, 5.41) is 8.04. The molecule has 0 fully saturated rings. The molecule has 1 aromatic heterocycles. The summed E-state index contributed by atoms with van der Waals surface area (Å²) in [7, 11) is 0. The van der Waals surface area contributed by atoms with Crippen LogP contribution in [0.4, 0.5) is 4.39 Å². The SMILES string of the molecule is CC(N)C(c1cccc(F)c1)N1CCn2cnnc2C1. The monoisotopic (exact) mass is 275 g/mol. The first-order chi connectivity index (χ1) is 9.65. The topological polar surface area (TPSA) is 60.0 Å². The van der Waals surface area contributed by atoms with E-state index in [1.54, 1.807) is 18.5 Å². The fourth-order valence-corrected chi connectivity index (χ4v) is 2.86. The molecule has 0 bridgehead atoms. The third kappa shape index (κ3) is 2.44. The van der Waals surface area contributed by atoms with Crippen molar-refractivity contribution >= 4 is 0 Å². The Labute approximate surface area is 117 Å². The Morgan fingerprint density at radius 3 is 2.95 bits per heavy atom. The highest BCUT2D eigenvalue weighted by atomic mass is 19.1. The molecule has 1 aromatic carbocycles. The first-order valence-electron chi connectivity index (χ1n) is 6.77. The predicted octanol–water partition coefficient (Wildman–Crippen LogP) is 1.32. The molecule has 2 atom stereocenters. The Hall–Kier alpha value is -1.79. The molecule has 0 saturated heterocycles. The molecule has 1 aliphatic heterocycles. The number of nitrogens with two attached hydrogens (primary N) is 1. The van der Waals surface area contributed by atoms with Gasteiger partial charge in [-0.2, -0.15) is 0 Å². The maximum atomic E-state index is 13.5. The first kappa shape index (κ1) is 13.2. The number of fused-ring (bicyclic) bond motifs is 1. The van der Waals surface area contributed by atoms with Crippen molar-refractivity contribution < 1.29 is 4.39 Å². The summed E-state index contributed by atoms with van der Waals surface area (Å²) in [4.78, 5) is 2.24. The standard InChI is InChI=1S/C14H18FN5/c1-10(16)14(11-3-2-4-12(15)7-11)19-5-6-20-9-17-18-13(20)8-19/h2-4,7,9-10,14H,5-6,8,16H2,1H3. The van der Waals surface area contributed by atoms with Crippen molar-refractivity contribution in [3.63, 3.8) is 0 Å². The van der Waals surface area contributed by atoms with Crippen molar-refractivity contribution in [1.29, 1.82) is 0 Å². The summed E-state index contributed by atoms with van der Waals surface area (Å²) in [5.74, 6) is 0.701. The van der Waals surface area contributed by atoms with Crippen molar-refractivity contribution in [3.05, 3.63) is 47.8 Å². The summed E-state index contributed by atoms with van der Waals surface area (Å²) in [5.41, 5.74) is 7.05. The number of hydrogen-bond acceptors (Lipinski definition) is 4. The van der Waals surface area contributed by atoms with Gasteiger partial charge in [-0.25, -0.2) is 4.39 Å². The van der Waals surface area contributed by atoms with Crippen LogP contribution in [0, 0.1) is 5.82 Å². The maximum Gasteiger partial charge on any atom is 0.147 e. The summed E-state index contributed by atoms with van der Waals surface area (Å²) in [6.45, 7) is 4.33. The molecule has 3 rings (SSSR count). The largest absolute Gasteiger partial charge is 0.326 e. The van der Waals surface area contributed by atoms with Crippen molar-refractivity contribution in [3.8, 4) is 0 Å². The smallest absolute Gasteiger partial charge is 0.147 e. The lowest BCUT2D eigenvalue weighted by molar-refractivity contribution is 0.135. The fourth-order valence-electron chi connectivity index (χ4n) is 2.86. The second kappa shape index (κ2) is 5.30. The third-order valence-electron chi connectivity index (χ3n) is 3.75. The Bertz CT molecular complexity index is 595. The van der Waals surface area contributed by atoms with Crippen LogP contribution in [-0.4, -0.2) is 32.3 Å². The van der Waals surface area contributed by atoms with Gasteiger partial charge in [0.25, 0.3) is 0 Å². The molecule has 1 aliphatic rings. The molecule has 20 heavy (non-hydrogen) atoms. The normalized spacial score (nSPS) is 18.6. The molecule has 2 heterocycles. The van der Waals surface area contributed by atoms with E-state index in [0.29, 0.717) is 6.54 Å². The van der Waals surface area contributed by atoms with Crippen LogP contribution in [-0.2, 0) is 13.1 Å². The average molecular weight is 275 g/mol. The molecular weight excluding hydrogens is 257 g/mol. The van der Waals surface area contributed by atoms with Crippen LogP contribution in [0.1, 0.15) is 24.4 Å². The van der Waals surface area contributed by atoms with Crippen LogP contribution in [0.5, 0.6) is 0 Å². The highest BCUT2D eigenvalue weighted by molar-refractivity contribution is 5.22. The lowest BCUT2D eigenvalue weighted by Crippen LogP contribution is -2.43. The van der Waals surface area contributed by atoms with Gasteiger partial charge in [-0.05, 0) is 24.6 Å². The molecule has 0 amide bonds. The van der Waals surface area contributed by atoms with Crippen LogP contribution < -0.4 is 5.73 Å². The molecule has 2 unspecified atom stereocenters. The molecule has 0 radical (unpaired) electrons. The van der Waals surface area contributed by atoms with Crippen molar-refractivity contribution in [1.82, 2.24) is 19.7 Å². The highest BCUT2D eigenvalue weighted by Gasteiger charge is 2.28. The molecule has 2 aromatic rings. The Morgan fingerprint density at radius 1 is 1.35 bits per heavy atom. The highest BCUT2D eigenvalue weighted by Crippen LogP contribution is 2.27. The Kier molecular flexibility index (Phi) is 3.50. The van der Waals surface area contributed by atoms with Crippen molar-refractivity contribution in [2.75, 3.05) is 6.54 Å². The molecule has 2 N–H and O–H groups in total. The molecule has 6 heteroatoms. The summed E-state index contributed by atoms with van der Waals surface area (Å²) >= 11 is 0. The van der Waals surface area contributed by atoms with E-state index in [2.05, 4.69) is 15.1 Å². The van der Waals surface area contributed by atoms with E-state index >= 15 is 0 Å². The first-order valence-corrected chi connectivity index (χ1v) is 6.77. The van der Waals surface area contributed by atoms with Crippen LogP contribution in [0.3, 0.4) is 0 Å². The van der Waals surface area contributed by atoms with E-state index in [9.17, 15) is 4.39 Å². The maximum absolute atomic E-state index is 13.5. The minimum atomic E-state index is -0.228. The minimum Gasteiger partial charge on any atom is -0.326 e. The van der Waals surface area contributed by atoms with Crippen LogP contribution in [0.25, 0.3) is 0 Å². The second-order valence-electron chi connectivity index (χ2n) is 5.27. The van der Waals surface area contributed by atoms with Crippen molar-refractivity contribution in [2.24, 2.45) is 5.73 Å². The summed E-state index contributed by atoms with van der Waals surface area (Å²) < 4.78 is 15.5. The van der Waals surface area contributed by atoms with Gasteiger partial charge >= 0.3 is 0 Å². The number of benzene rings is 1. The number of aromatic nitrogens is 3. The quantitative estimate of drug-likeness (QED) is 0.918. The van der Waals surface area contributed by atoms with Crippen LogP contribution in [0.15, 0.2) is 30.6 Å². The fraction of sp³-hybridized carbons (Fsp3) is 0.429. The molecular formula is C14H18FN5. The minimum absolute atomic E-state index is 0.0175. The van der Waals surface area contributed by atoms with Gasteiger partial charge in [-0.15, -0.1) is 10.2 Å². The van der Waals surface area contributed by atoms with Crippen molar-refractivity contribution in [2.45, 2.75) is 32.1 Å². The Balaban J connectivity index is 1.89. The van der Waals surface area contributed by atoms with Crippen LogP contribution in [0.2, 0.25) is 0 Å². The molecule has 0 spiro atoms. The number of rotatable bonds is 3. The number of halogens is 1. The van der Waals surface area contributed by atoms with Gasteiger partial charge < -0.3 is 10.3 Å². The average Bonchev–Trinajstić information content (AvgIpc) is 2.86. The second-order valence-corrected chi connectivity index (χ2v) is 5.27. The zero-order valence-corrected chi connectivity index (χ0v) is 11.4. The van der Waals surface area contributed by atoms with Gasteiger partial charge in [0, 0.05) is 19.1 Å². The van der Waals surface area contributed by atoms with E-state index in [0.717, 1.165) is 24.5 Å². The van der Waals surface area contributed by atoms with Crippen LogP contribution >= 0.6 is 0 Å². The predicted molar refractivity (Wildman–Crippen MR) is 73.2 cm³/mol. The van der Waals surface area contributed by atoms with E-state index < -0.39 is 0 Å². The number of hydrogen-bond donors (Lipinski definition) is 1. The summed E-state index contributed by atoms with van der Waals surface area (Å²) in [6.07, 6.45) is 1.75. The summed E-state index contributed by atoms with van der Waals surface area (Å²) in [6, 6.07) is 6.56. The lowest BCUT2D eigenvalue weighted by atomic mass is 9.98. The van der Waals surface area contributed by atoms with Gasteiger partial charge in [-0.3, -0.25) is 4.90 Å². The molecule has 5 nitrogen and oxygen atoms in total. The molecule has 0 saturated carbocycles. The van der Waals surface area contributed by atoms with Gasteiger partial charge in [0.2, 0.25) is 0 Å². The number of nitrogens with zero attached hydrogens (tertiary/aromatic N) is 4.